The molecule has 5 nitrogen and oxygen atoms in total. The first-order valence-electron chi connectivity index (χ1n) is 6.45. The maximum atomic E-state index is 12.0. The van der Waals surface area contributed by atoms with Gasteiger partial charge in [-0.2, -0.15) is 0 Å². The van der Waals surface area contributed by atoms with E-state index < -0.39 is 0 Å². The molecular weight excluding hydrogens is 242 g/mol. The van der Waals surface area contributed by atoms with E-state index in [9.17, 15) is 9.59 Å². The molecule has 3 rings (SSSR count). The molecule has 1 atom stereocenters. The van der Waals surface area contributed by atoms with Gasteiger partial charge in [-0.05, 0) is 42.5 Å². The molecule has 0 saturated carbocycles. The zero-order chi connectivity index (χ0) is 13.6. The Balaban J connectivity index is 1.97. The monoisotopic (exact) mass is 259 g/mol. The van der Waals surface area contributed by atoms with Crippen LogP contribution in [0.1, 0.15) is 24.0 Å². The van der Waals surface area contributed by atoms with Crippen molar-refractivity contribution in [3.63, 3.8) is 0 Å². The Labute approximate surface area is 111 Å². The van der Waals surface area contributed by atoms with E-state index in [1.54, 1.807) is 11.9 Å². The van der Waals surface area contributed by atoms with Crippen LogP contribution >= 0.6 is 0 Å². The molecule has 1 saturated heterocycles. The lowest BCUT2D eigenvalue weighted by Gasteiger charge is -2.36. The molecule has 1 aliphatic carbocycles. The van der Waals surface area contributed by atoms with E-state index in [0.717, 1.165) is 18.5 Å². The predicted octanol–water partition coefficient (Wildman–Crippen LogP) is 1.07. The van der Waals surface area contributed by atoms with E-state index in [0.29, 0.717) is 12.8 Å². The van der Waals surface area contributed by atoms with Crippen LogP contribution in [-0.2, 0) is 17.6 Å². The molecule has 0 bridgehead atoms. The summed E-state index contributed by atoms with van der Waals surface area (Å²) in [5.74, 6) is -0.191. The summed E-state index contributed by atoms with van der Waals surface area (Å²) >= 11 is 0. The number of nitrogens with zero attached hydrogens (tertiary/aromatic N) is 1. The molecular formula is C14H17N3O2. The van der Waals surface area contributed by atoms with Crippen LogP contribution in [0.5, 0.6) is 0 Å². The molecule has 1 spiro atoms. The maximum absolute atomic E-state index is 12.0. The normalized spacial score (nSPS) is 26.3. The van der Waals surface area contributed by atoms with Gasteiger partial charge in [-0.1, -0.05) is 6.07 Å². The van der Waals surface area contributed by atoms with Crippen LogP contribution in [0, 0.1) is 0 Å². The SMILES string of the molecule is CN1C(=O)NC(=O)CCC12Cc1ccc(N)cc1C2. The van der Waals surface area contributed by atoms with Crippen LogP contribution in [0.4, 0.5) is 10.5 Å². The van der Waals surface area contributed by atoms with E-state index in [2.05, 4.69) is 5.32 Å². The number of carbonyl (C=O) groups excluding carboxylic acids is 2. The first kappa shape index (κ1) is 12.0. The van der Waals surface area contributed by atoms with Crippen LogP contribution in [-0.4, -0.2) is 29.4 Å². The van der Waals surface area contributed by atoms with Crippen molar-refractivity contribution in [3.05, 3.63) is 29.3 Å². The molecule has 2 aliphatic rings. The van der Waals surface area contributed by atoms with Crippen molar-refractivity contribution in [3.8, 4) is 0 Å². The fraction of sp³-hybridized carbons (Fsp3) is 0.429. The van der Waals surface area contributed by atoms with Crippen molar-refractivity contribution < 1.29 is 9.59 Å². The van der Waals surface area contributed by atoms with E-state index in [1.807, 2.05) is 18.2 Å². The molecule has 1 aromatic rings. The number of imide groups is 1. The van der Waals surface area contributed by atoms with Crippen molar-refractivity contribution in [2.75, 3.05) is 12.8 Å². The van der Waals surface area contributed by atoms with Gasteiger partial charge in [0.1, 0.15) is 0 Å². The van der Waals surface area contributed by atoms with E-state index in [-0.39, 0.29) is 17.5 Å². The fourth-order valence-corrected chi connectivity index (χ4v) is 3.16. The number of benzene rings is 1. The van der Waals surface area contributed by atoms with Crippen LogP contribution in [0.25, 0.3) is 0 Å². The Bertz CT molecular complexity index is 570. The number of nitrogen functional groups attached to an aromatic ring is 1. The largest absolute Gasteiger partial charge is 0.399 e. The van der Waals surface area contributed by atoms with E-state index >= 15 is 0 Å². The Morgan fingerprint density at radius 2 is 2.00 bits per heavy atom. The number of urea groups is 1. The quantitative estimate of drug-likeness (QED) is 0.684. The highest BCUT2D eigenvalue weighted by Gasteiger charge is 2.44. The van der Waals surface area contributed by atoms with E-state index in [1.165, 1.54) is 11.1 Å². The van der Waals surface area contributed by atoms with Crippen LogP contribution in [0.2, 0.25) is 0 Å². The zero-order valence-corrected chi connectivity index (χ0v) is 10.9. The topological polar surface area (TPSA) is 75.4 Å². The van der Waals surface area contributed by atoms with Gasteiger partial charge in [0.2, 0.25) is 5.91 Å². The standard InChI is InChI=1S/C14H17N3O2/c1-17-13(19)16-12(18)4-5-14(17)7-9-2-3-11(15)6-10(9)8-14/h2-3,6H,4-5,7-8,15H2,1H3,(H,16,18,19). The van der Waals surface area contributed by atoms with Crippen LogP contribution < -0.4 is 11.1 Å². The summed E-state index contributed by atoms with van der Waals surface area (Å²) in [6, 6.07) is 5.59. The average Bonchev–Trinajstić information content (AvgIpc) is 2.69. The summed E-state index contributed by atoms with van der Waals surface area (Å²) < 4.78 is 0. The van der Waals surface area contributed by atoms with Gasteiger partial charge >= 0.3 is 6.03 Å². The van der Waals surface area contributed by atoms with Gasteiger partial charge in [0, 0.05) is 19.2 Å². The number of hydrogen-bond acceptors (Lipinski definition) is 3. The summed E-state index contributed by atoms with van der Waals surface area (Å²) in [6.45, 7) is 0. The molecule has 3 N–H and O–H groups in total. The minimum absolute atomic E-state index is 0.191. The first-order chi connectivity index (χ1) is 9.00. The Morgan fingerprint density at radius 1 is 1.26 bits per heavy atom. The smallest absolute Gasteiger partial charge is 0.324 e. The third kappa shape index (κ3) is 1.85. The number of amides is 3. The van der Waals surface area contributed by atoms with Crippen molar-refractivity contribution in [1.82, 2.24) is 10.2 Å². The van der Waals surface area contributed by atoms with Gasteiger partial charge in [-0.25, -0.2) is 4.79 Å². The van der Waals surface area contributed by atoms with Gasteiger partial charge in [-0.15, -0.1) is 0 Å². The second kappa shape index (κ2) is 3.98. The number of fused-ring (bicyclic) bond motifs is 1. The summed E-state index contributed by atoms with van der Waals surface area (Å²) in [6.07, 6.45) is 2.64. The highest BCUT2D eigenvalue weighted by molar-refractivity contribution is 5.95. The highest BCUT2D eigenvalue weighted by Crippen LogP contribution is 2.39. The van der Waals surface area contributed by atoms with Gasteiger partial charge in [0.25, 0.3) is 0 Å². The summed E-state index contributed by atoms with van der Waals surface area (Å²) in [7, 11) is 1.77. The van der Waals surface area contributed by atoms with Crippen molar-refractivity contribution >= 4 is 17.6 Å². The number of likely N-dealkylation sites (N-methyl/N-ethyl adjacent to an activating group) is 1. The average molecular weight is 259 g/mol. The second-order valence-electron chi connectivity index (χ2n) is 5.52. The Morgan fingerprint density at radius 3 is 2.79 bits per heavy atom. The van der Waals surface area contributed by atoms with Crippen LogP contribution in [0.3, 0.4) is 0 Å². The van der Waals surface area contributed by atoms with E-state index in [4.69, 9.17) is 5.73 Å². The van der Waals surface area contributed by atoms with Gasteiger partial charge in [0.05, 0.1) is 5.54 Å². The number of nitrogens with two attached hydrogens (primary N) is 1. The molecule has 0 radical (unpaired) electrons. The molecule has 100 valence electrons. The maximum Gasteiger partial charge on any atom is 0.324 e. The lowest BCUT2D eigenvalue weighted by Crippen LogP contribution is -2.51. The molecule has 0 aromatic heterocycles. The van der Waals surface area contributed by atoms with Gasteiger partial charge in [0.15, 0.2) is 0 Å². The lowest BCUT2D eigenvalue weighted by atomic mass is 9.89. The molecule has 1 fully saturated rings. The number of nitrogens with one attached hydrogen (secondary N) is 1. The van der Waals surface area contributed by atoms with Crippen LogP contribution in [0.15, 0.2) is 18.2 Å². The van der Waals surface area contributed by atoms with Crippen molar-refractivity contribution in [1.29, 1.82) is 0 Å². The minimum atomic E-state index is -0.303. The van der Waals surface area contributed by atoms with Crippen molar-refractivity contribution in [2.45, 2.75) is 31.2 Å². The zero-order valence-electron chi connectivity index (χ0n) is 10.9. The number of anilines is 1. The molecule has 1 aromatic carbocycles. The third-order valence-electron chi connectivity index (χ3n) is 4.35. The molecule has 19 heavy (non-hydrogen) atoms. The van der Waals surface area contributed by atoms with Crippen molar-refractivity contribution in [2.24, 2.45) is 0 Å². The third-order valence-corrected chi connectivity index (χ3v) is 4.35. The first-order valence-corrected chi connectivity index (χ1v) is 6.45. The second-order valence-corrected chi connectivity index (χ2v) is 5.52. The molecule has 1 aliphatic heterocycles. The Hall–Kier alpha value is -2.04. The molecule has 1 unspecified atom stereocenters. The predicted molar refractivity (Wildman–Crippen MR) is 71.5 cm³/mol. The minimum Gasteiger partial charge on any atom is -0.399 e. The summed E-state index contributed by atoms with van der Waals surface area (Å²) in [4.78, 5) is 25.2. The summed E-state index contributed by atoms with van der Waals surface area (Å²) in [5, 5.41) is 2.40. The van der Waals surface area contributed by atoms with Gasteiger partial charge < -0.3 is 10.6 Å². The number of carbonyl (C=O) groups is 2. The number of hydrogen-bond donors (Lipinski definition) is 2. The fourth-order valence-electron chi connectivity index (χ4n) is 3.16. The molecule has 5 heteroatoms. The number of rotatable bonds is 0. The van der Waals surface area contributed by atoms with Gasteiger partial charge in [-0.3, -0.25) is 10.1 Å². The summed E-state index contributed by atoms with van der Waals surface area (Å²) in [5.41, 5.74) is 8.69. The lowest BCUT2D eigenvalue weighted by molar-refractivity contribution is -0.119. The highest BCUT2D eigenvalue weighted by atomic mass is 16.2. The molecule has 1 heterocycles. The Kier molecular flexibility index (Phi) is 2.52. The molecule has 3 amide bonds.